The Morgan fingerprint density at radius 3 is 3.00 bits per heavy atom. The van der Waals surface area contributed by atoms with Crippen LogP contribution in [0.5, 0.6) is 0 Å². The molecule has 18 heavy (non-hydrogen) atoms. The average molecular weight is 249 g/mol. The van der Waals surface area contributed by atoms with E-state index in [2.05, 4.69) is 25.1 Å². The smallest absolute Gasteiger partial charge is 0.411 e. The molecule has 0 atom stereocenters. The number of amides is 1. The van der Waals surface area contributed by atoms with Gasteiger partial charge in [-0.1, -0.05) is 0 Å². The fourth-order valence-electron chi connectivity index (χ4n) is 1.21. The third kappa shape index (κ3) is 3.01. The van der Waals surface area contributed by atoms with Crippen molar-refractivity contribution in [3.05, 3.63) is 31.0 Å². The summed E-state index contributed by atoms with van der Waals surface area (Å²) in [6.07, 6.45) is 3.75. The number of aliphatic hydroxyl groups is 1. The second-order valence-electron chi connectivity index (χ2n) is 3.23. The SMILES string of the molecule is O=C(Nc1ccc(-n2cncn2)nc1)OCCO. The maximum Gasteiger partial charge on any atom is 0.411 e. The van der Waals surface area contributed by atoms with Crippen molar-refractivity contribution in [1.82, 2.24) is 19.7 Å². The standard InChI is InChI=1S/C10H11N5O3/c16-3-4-18-10(17)14-8-1-2-9(12-5-8)15-7-11-6-13-15/h1-2,5-7,16H,3-4H2,(H,14,17). The molecule has 94 valence electrons. The molecule has 0 spiro atoms. The zero-order valence-corrected chi connectivity index (χ0v) is 9.35. The summed E-state index contributed by atoms with van der Waals surface area (Å²) in [6.45, 7) is -0.257. The minimum Gasteiger partial charge on any atom is -0.447 e. The quantitative estimate of drug-likeness (QED) is 0.802. The van der Waals surface area contributed by atoms with Crippen LogP contribution < -0.4 is 5.32 Å². The summed E-state index contributed by atoms with van der Waals surface area (Å²) in [6, 6.07) is 3.33. The molecule has 0 aliphatic heterocycles. The monoisotopic (exact) mass is 249 g/mol. The van der Waals surface area contributed by atoms with Gasteiger partial charge in [-0.2, -0.15) is 5.10 Å². The molecule has 0 aromatic carbocycles. The molecule has 0 aliphatic rings. The summed E-state index contributed by atoms with van der Waals surface area (Å²) in [7, 11) is 0. The maximum absolute atomic E-state index is 11.2. The van der Waals surface area contributed by atoms with Crippen molar-refractivity contribution in [3.8, 4) is 5.82 Å². The molecule has 2 rings (SSSR count). The van der Waals surface area contributed by atoms with Gasteiger partial charge < -0.3 is 9.84 Å². The van der Waals surface area contributed by atoms with Gasteiger partial charge in [0.2, 0.25) is 0 Å². The van der Waals surface area contributed by atoms with Gasteiger partial charge in [-0.25, -0.2) is 19.4 Å². The van der Waals surface area contributed by atoms with Crippen molar-refractivity contribution < 1.29 is 14.6 Å². The van der Waals surface area contributed by atoms with E-state index in [4.69, 9.17) is 5.11 Å². The Morgan fingerprint density at radius 2 is 2.39 bits per heavy atom. The number of rotatable bonds is 4. The van der Waals surface area contributed by atoms with E-state index in [0.717, 1.165) is 0 Å². The van der Waals surface area contributed by atoms with Gasteiger partial charge in [0, 0.05) is 0 Å². The third-order valence-electron chi connectivity index (χ3n) is 1.97. The second-order valence-corrected chi connectivity index (χ2v) is 3.23. The van der Waals surface area contributed by atoms with E-state index in [0.29, 0.717) is 11.5 Å². The second kappa shape index (κ2) is 5.73. The van der Waals surface area contributed by atoms with E-state index in [1.807, 2.05) is 0 Å². The number of nitrogens with zero attached hydrogens (tertiary/aromatic N) is 4. The first-order valence-corrected chi connectivity index (χ1v) is 5.15. The highest BCUT2D eigenvalue weighted by atomic mass is 16.6. The first-order valence-electron chi connectivity index (χ1n) is 5.15. The third-order valence-corrected chi connectivity index (χ3v) is 1.97. The van der Waals surface area contributed by atoms with Crippen LogP contribution in [-0.4, -0.2) is 44.2 Å². The fourth-order valence-corrected chi connectivity index (χ4v) is 1.21. The maximum atomic E-state index is 11.2. The number of nitrogens with one attached hydrogen (secondary N) is 1. The van der Waals surface area contributed by atoms with Gasteiger partial charge in [-0.3, -0.25) is 5.32 Å². The van der Waals surface area contributed by atoms with Gasteiger partial charge in [0.25, 0.3) is 0 Å². The van der Waals surface area contributed by atoms with Gasteiger partial charge in [-0.05, 0) is 12.1 Å². The molecule has 0 radical (unpaired) electrons. The number of aromatic nitrogens is 4. The van der Waals surface area contributed by atoms with E-state index < -0.39 is 6.09 Å². The van der Waals surface area contributed by atoms with E-state index in [1.54, 1.807) is 12.1 Å². The molecule has 0 saturated heterocycles. The number of pyridine rings is 1. The molecule has 2 aromatic rings. The number of anilines is 1. The molecule has 0 saturated carbocycles. The van der Waals surface area contributed by atoms with E-state index in [9.17, 15) is 4.79 Å². The van der Waals surface area contributed by atoms with Gasteiger partial charge in [-0.15, -0.1) is 0 Å². The molecular weight excluding hydrogens is 238 g/mol. The van der Waals surface area contributed by atoms with Gasteiger partial charge in [0.15, 0.2) is 5.82 Å². The summed E-state index contributed by atoms with van der Waals surface area (Å²) >= 11 is 0. The Balaban J connectivity index is 1.98. The van der Waals surface area contributed by atoms with Crippen LogP contribution in [0, 0.1) is 0 Å². The van der Waals surface area contributed by atoms with Crippen molar-refractivity contribution in [2.24, 2.45) is 0 Å². The van der Waals surface area contributed by atoms with Crippen LogP contribution in [0.1, 0.15) is 0 Å². The minimum atomic E-state index is -0.639. The van der Waals surface area contributed by atoms with E-state index >= 15 is 0 Å². The molecule has 1 amide bonds. The zero-order valence-electron chi connectivity index (χ0n) is 9.35. The Hall–Kier alpha value is -2.48. The molecule has 2 aromatic heterocycles. The Morgan fingerprint density at radius 1 is 1.50 bits per heavy atom. The largest absolute Gasteiger partial charge is 0.447 e. The summed E-state index contributed by atoms with van der Waals surface area (Å²) in [5, 5.41) is 14.9. The van der Waals surface area contributed by atoms with Crippen molar-refractivity contribution in [2.75, 3.05) is 18.5 Å². The molecule has 0 aliphatic carbocycles. The molecule has 8 heteroatoms. The van der Waals surface area contributed by atoms with Crippen LogP contribution in [0.25, 0.3) is 5.82 Å². The normalized spacial score (nSPS) is 10.1. The number of carbonyl (C=O) groups is 1. The molecule has 2 heterocycles. The van der Waals surface area contributed by atoms with Gasteiger partial charge in [0.05, 0.1) is 18.5 Å². The number of hydrogen-bond donors (Lipinski definition) is 2. The molecular formula is C10H11N5O3. The highest BCUT2D eigenvalue weighted by molar-refractivity contribution is 5.84. The zero-order chi connectivity index (χ0) is 12.8. The Labute approximate surface area is 102 Å². The van der Waals surface area contributed by atoms with E-state index in [1.165, 1.54) is 23.5 Å². The summed E-state index contributed by atoms with van der Waals surface area (Å²) < 4.78 is 6.14. The average Bonchev–Trinajstić information content (AvgIpc) is 2.91. The van der Waals surface area contributed by atoms with Crippen LogP contribution in [0.15, 0.2) is 31.0 Å². The highest BCUT2D eigenvalue weighted by Crippen LogP contribution is 2.08. The fraction of sp³-hybridized carbons (Fsp3) is 0.200. The first kappa shape index (κ1) is 12.0. The van der Waals surface area contributed by atoms with Crippen LogP contribution in [0.3, 0.4) is 0 Å². The lowest BCUT2D eigenvalue weighted by Gasteiger charge is -2.06. The molecule has 0 fully saturated rings. The molecule has 2 N–H and O–H groups in total. The van der Waals surface area contributed by atoms with Crippen LogP contribution >= 0.6 is 0 Å². The Kier molecular flexibility index (Phi) is 3.82. The number of aliphatic hydroxyl groups excluding tert-OH is 1. The number of carbonyl (C=O) groups excluding carboxylic acids is 1. The minimum absolute atomic E-state index is 0.0453. The first-order chi connectivity index (χ1) is 8.79. The summed E-state index contributed by atoms with van der Waals surface area (Å²) in [5.41, 5.74) is 0.488. The van der Waals surface area contributed by atoms with Crippen LogP contribution in [-0.2, 0) is 4.74 Å². The van der Waals surface area contributed by atoms with Crippen LogP contribution in [0.2, 0.25) is 0 Å². The summed E-state index contributed by atoms with van der Waals surface area (Å²) in [4.78, 5) is 19.1. The molecule has 8 nitrogen and oxygen atoms in total. The highest BCUT2D eigenvalue weighted by Gasteiger charge is 2.04. The lowest BCUT2D eigenvalue weighted by molar-refractivity contribution is 0.131. The van der Waals surface area contributed by atoms with Gasteiger partial charge in [0.1, 0.15) is 19.3 Å². The predicted molar refractivity (Wildman–Crippen MR) is 61.2 cm³/mol. The van der Waals surface area contributed by atoms with Crippen molar-refractivity contribution in [1.29, 1.82) is 0 Å². The number of ether oxygens (including phenoxy) is 1. The predicted octanol–water partition coefficient (Wildman–Crippen LogP) is 0.203. The van der Waals surface area contributed by atoms with Crippen molar-refractivity contribution >= 4 is 11.8 Å². The summed E-state index contributed by atoms with van der Waals surface area (Å²) in [5.74, 6) is 0.585. The molecule has 0 bridgehead atoms. The Bertz CT molecular complexity index is 497. The lowest BCUT2D eigenvalue weighted by Crippen LogP contribution is -2.16. The van der Waals surface area contributed by atoms with Crippen molar-refractivity contribution in [3.63, 3.8) is 0 Å². The molecule has 0 unspecified atom stereocenters. The lowest BCUT2D eigenvalue weighted by atomic mass is 10.4. The van der Waals surface area contributed by atoms with E-state index in [-0.39, 0.29) is 13.2 Å². The van der Waals surface area contributed by atoms with Gasteiger partial charge >= 0.3 is 6.09 Å². The number of hydrogen-bond acceptors (Lipinski definition) is 6. The van der Waals surface area contributed by atoms with Crippen LogP contribution in [0.4, 0.5) is 10.5 Å². The topological polar surface area (TPSA) is 102 Å². The van der Waals surface area contributed by atoms with Crippen molar-refractivity contribution in [2.45, 2.75) is 0 Å².